The number of benzene rings is 3. The molecule has 34 heavy (non-hydrogen) atoms. The zero-order valence-electron chi connectivity index (χ0n) is 17.8. The Morgan fingerprint density at radius 2 is 1.71 bits per heavy atom. The van der Waals surface area contributed by atoms with Crippen molar-refractivity contribution in [2.24, 2.45) is 5.10 Å². The van der Waals surface area contributed by atoms with Gasteiger partial charge >= 0.3 is 6.18 Å². The van der Waals surface area contributed by atoms with Crippen LogP contribution in [-0.4, -0.2) is 28.7 Å². The Balaban J connectivity index is 1.42. The average Bonchev–Trinajstić information content (AvgIpc) is 3.19. The van der Waals surface area contributed by atoms with Gasteiger partial charge in [-0.2, -0.15) is 18.3 Å². The van der Waals surface area contributed by atoms with Crippen molar-refractivity contribution < 1.29 is 22.8 Å². The van der Waals surface area contributed by atoms with Crippen LogP contribution in [0.2, 0.25) is 0 Å². The maximum absolute atomic E-state index is 13.1. The average molecular weight is 484 g/mol. The number of nitrogens with zero attached hydrogens (tertiary/aromatic N) is 2. The normalized spacial score (nSPS) is 16.3. The maximum Gasteiger partial charge on any atom is 0.417 e. The van der Waals surface area contributed by atoms with Gasteiger partial charge in [-0.05, 0) is 29.3 Å². The summed E-state index contributed by atoms with van der Waals surface area (Å²) < 4.78 is 39.2. The van der Waals surface area contributed by atoms with Gasteiger partial charge in [-0.15, -0.1) is 11.8 Å². The van der Waals surface area contributed by atoms with E-state index in [1.165, 1.54) is 30.0 Å². The van der Waals surface area contributed by atoms with E-state index in [0.29, 0.717) is 17.9 Å². The van der Waals surface area contributed by atoms with Crippen molar-refractivity contribution >= 4 is 29.8 Å². The van der Waals surface area contributed by atoms with Gasteiger partial charge in [-0.1, -0.05) is 60.7 Å². The Morgan fingerprint density at radius 3 is 2.41 bits per heavy atom. The minimum Gasteiger partial charge on any atom is -0.322 e. The molecule has 1 N–H and O–H groups in total. The molecule has 2 amide bonds. The van der Waals surface area contributed by atoms with Crippen molar-refractivity contribution in [1.82, 2.24) is 10.3 Å². The number of hydrazone groups is 1. The summed E-state index contributed by atoms with van der Waals surface area (Å²) in [7, 11) is 0. The van der Waals surface area contributed by atoms with Crippen LogP contribution < -0.4 is 5.43 Å². The zero-order valence-corrected chi connectivity index (χ0v) is 18.6. The fourth-order valence-corrected chi connectivity index (χ4v) is 4.76. The van der Waals surface area contributed by atoms with E-state index in [-0.39, 0.29) is 16.8 Å². The molecule has 1 aliphatic heterocycles. The van der Waals surface area contributed by atoms with Crippen molar-refractivity contribution in [2.75, 3.05) is 5.75 Å². The number of carbonyl (C=O) groups excluding carboxylic acids is 2. The molecule has 1 aliphatic rings. The standard InChI is InChI=1S/C25H20F3N3O2S/c26-25(27,28)21-9-5-4-8-20(21)14-29-30-23(33)18-10-12-19(13-11-18)24-31(22(32)16-34-24)15-17-6-2-1-3-7-17/h1-14,24H,15-16H2,(H,30,33)/b29-14-/t24-/m0/s1. The molecular formula is C25H20F3N3O2S. The summed E-state index contributed by atoms with van der Waals surface area (Å²) in [6, 6.07) is 21.4. The lowest BCUT2D eigenvalue weighted by Crippen LogP contribution is -2.27. The number of rotatable bonds is 6. The topological polar surface area (TPSA) is 61.8 Å². The summed E-state index contributed by atoms with van der Waals surface area (Å²) in [4.78, 5) is 26.6. The van der Waals surface area contributed by atoms with Crippen LogP contribution in [0.3, 0.4) is 0 Å². The van der Waals surface area contributed by atoms with Gasteiger partial charge in [0.15, 0.2) is 0 Å². The zero-order chi connectivity index (χ0) is 24.1. The Kier molecular flexibility index (Phi) is 7.02. The lowest BCUT2D eigenvalue weighted by molar-refractivity contribution is -0.137. The van der Waals surface area contributed by atoms with E-state index in [1.54, 1.807) is 29.2 Å². The van der Waals surface area contributed by atoms with E-state index in [9.17, 15) is 22.8 Å². The number of amides is 2. The first-order chi connectivity index (χ1) is 16.3. The predicted molar refractivity (Wildman–Crippen MR) is 125 cm³/mol. The lowest BCUT2D eigenvalue weighted by atomic mass is 10.1. The maximum atomic E-state index is 13.1. The highest BCUT2D eigenvalue weighted by molar-refractivity contribution is 8.00. The molecule has 9 heteroatoms. The fraction of sp³-hybridized carbons (Fsp3) is 0.160. The molecule has 1 saturated heterocycles. The summed E-state index contributed by atoms with van der Waals surface area (Å²) >= 11 is 1.52. The molecule has 4 rings (SSSR count). The van der Waals surface area contributed by atoms with Gasteiger partial charge in [0.1, 0.15) is 5.37 Å². The highest BCUT2D eigenvalue weighted by Gasteiger charge is 2.33. The first-order valence-electron chi connectivity index (χ1n) is 10.4. The first kappa shape index (κ1) is 23.6. The number of halogens is 3. The molecule has 0 spiro atoms. The second kappa shape index (κ2) is 10.1. The first-order valence-corrected chi connectivity index (χ1v) is 11.4. The fourth-order valence-electron chi connectivity index (χ4n) is 3.57. The van der Waals surface area contributed by atoms with Gasteiger partial charge in [0.2, 0.25) is 5.91 Å². The predicted octanol–water partition coefficient (Wildman–Crippen LogP) is 5.24. The Bertz CT molecular complexity index is 1200. The number of nitrogens with one attached hydrogen (secondary N) is 1. The van der Waals surface area contributed by atoms with Crippen LogP contribution >= 0.6 is 11.8 Å². The van der Waals surface area contributed by atoms with E-state index in [1.807, 2.05) is 30.3 Å². The Labute approximate surface area is 198 Å². The number of hydrogen-bond acceptors (Lipinski definition) is 4. The second-order valence-electron chi connectivity index (χ2n) is 7.58. The number of alkyl halides is 3. The van der Waals surface area contributed by atoms with Gasteiger partial charge in [0.25, 0.3) is 5.91 Å². The van der Waals surface area contributed by atoms with Gasteiger partial charge in [0.05, 0.1) is 17.5 Å². The SMILES string of the molecule is O=C(N/N=C\c1ccccc1C(F)(F)F)c1ccc([C@@H]2SCC(=O)N2Cc2ccccc2)cc1. The van der Waals surface area contributed by atoms with Crippen LogP contribution in [0.25, 0.3) is 0 Å². The molecule has 1 fully saturated rings. The molecule has 0 saturated carbocycles. The number of hydrogen-bond donors (Lipinski definition) is 1. The van der Waals surface area contributed by atoms with Crippen LogP contribution in [0.15, 0.2) is 84.0 Å². The van der Waals surface area contributed by atoms with Crippen molar-refractivity contribution in [3.05, 3.63) is 107 Å². The molecule has 174 valence electrons. The molecule has 0 unspecified atom stereocenters. The Morgan fingerprint density at radius 1 is 1.03 bits per heavy atom. The van der Waals surface area contributed by atoms with Crippen LogP contribution in [0, 0.1) is 0 Å². The van der Waals surface area contributed by atoms with E-state index < -0.39 is 17.6 Å². The molecule has 0 aromatic heterocycles. The summed E-state index contributed by atoms with van der Waals surface area (Å²) in [5.74, 6) is -0.119. The molecule has 0 radical (unpaired) electrons. The van der Waals surface area contributed by atoms with Crippen molar-refractivity contribution in [3.8, 4) is 0 Å². The van der Waals surface area contributed by atoms with Gasteiger partial charge in [-0.3, -0.25) is 9.59 Å². The molecule has 3 aromatic rings. The molecule has 3 aromatic carbocycles. The third-order valence-electron chi connectivity index (χ3n) is 5.26. The van der Waals surface area contributed by atoms with Crippen molar-refractivity contribution in [2.45, 2.75) is 18.1 Å². The van der Waals surface area contributed by atoms with Crippen LogP contribution in [0.1, 0.15) is 38.0 Å². The van der Waals surface area contributed by atoms with Crippen molar-refractivity contribution in [3.63, 3.8) is 0 Å². The van der Waals surface area contributed by atoms with Crippen molar-refractivity contribution in [1.29, 1.82) is 0 Å². The van der Waals surface area contributed by atoms with E-state index in [0.717, 1.165) is 23.4 Å². The van der Waals surface area contributed by atoms with E-state index in [2.05, 4.69) is 10.5 Å². The van der Waals surface area contributed by atoms with E-state index >= 15 is 0 Å². The minimum atomic E-state index is -4.52. The summed E-state index contributed by atoms with van der Waals surface area (Å²) in [6.07, 6.45) is -3.55. The van der Waals surface area contributed by atoms with Gasteiger partial charge < -0.3 is 4.90 Å². The molecular weight excluding hydrogens is 463 g/mol. The quantitative estimate of drug-likeness (QED) is 0.385. The largest absolute Gasteiger partial charge is 0.417 e. The van der Waals surface area contributed by atoms with Crippen LogP contribution in [-0.2, 0) is 17.5 Å². The lowest BCUT2D eigenvalue weighted by Gasteiger charge is -2.24. The third kappa shape index (κ3) is 5.48. The number of carbonyl (C=O) groups is 2. The molecule has 0 aliphatic carbocycles. The monoisotopic (exact) mass is 483 g/mol. The molecule has 0 bridgehead atoms. The smallest absolute Gasteiger partial charge is 0.322 e. The van der Waals surface area contributed by atoms with Crippen LogP contribution in [0.5, 0.6) is 0 Å². The third-order valence-corrected chi connectivity index (χ3v) is 6.51. The summed E-state index contributed by atoms with van der Waals surface area (Å²) in [5, 5.41) is 3.51. The highest BCUT2D eigenvalue weighted by Crippen LogP contribution is 2.39. The minimum absolute atomic E-state index is 0.0501. The number of thioether (sulfide) groups is 1. The summed E-state index contributed by atoms with van der Waals surface area (Å²) in [5.41, 5.74) is 3.49. The summed E-state index contributed by atoms with van der Waals surface area (Å²) in [6.45, 7) is 0.494. The van der Waals surface area contributed by atoms with Gasteiger partial charge in [-0.25, -0.2) is 5.43 Å². The Hall–Kier alpha value is -3.59. The molecule has 1 atom stereocenters. The van der Waals surface area contributed by atoms with Crippen LogP contribution in [0.4, 0.5) is 13.2 Å². The highest BCUT2D eigenvalue weighted by atomic mass is 32.2. The molecule has 5 nitrogen and oxygen atoms in total. The second-order valence-corrected chi connectivity index (χ2v) is 8.65. The van der Waals surface area contributed by atoms with Gasteiger partial charge in [0, 0.05) is 17.7 Å². The van der Waals surface area contributed by atoms with E-state index in [4.69, 9.17) is 0 Å². The molecule has 1 heterocycles.